The average molecular weight is 360 g/mol. The summed E-state index contributed by atoms with van der Waals surface area (Å²) in [6.07, 6.45) is -0.710. The number of aromatic nitrogens is 1. The van der Waals surface area contributed by atoms with E-state index in [-0.39, 0.29) is 29.2 Å². The number of rotatable bonds is 1. The predicted octanol–water partition coefficient (Wildman–Crippen LogP) is 3.83. The maximum absolute atomic E-state index is 12.0. The highest BCUT2D eigenvalue weighted by Gasteiger charge is 2.45. The van der Waals surface area contributed by atoms with E-state index >= 15 is 0 Å². The lowest BCUT2D eigenvalue weighted by atomic mass is 10.0. The van der Waals surface area contributed by atoms with Crippen molar-refractivity contribution < 1.29 is 18.7 Å². The van der Waals surface area contributed by atoms with Crippen LogP contribution in [-0.2, 0) is 14.3 Å². The number of carbonyl (C=O) groups excluding carboxylic acids is 1. The molecule has 1 aromatic carbocycles. The normalized spacial score (nSPS) is 27.8. The highest BCUT2D eigenvalue weighted by atomic mass is 35.5. The van der Waals surface area contributed by atoms with Crippen molar-refractivity contribution in [2.45, 2.75) is 31.8 Å². The van der Waals surface area contributed by atoms with E-state index < -0.39 is 6.29 Å². The molecule has 2 aliphatic rings. The molecule has 2 fully saturated rings. The van der Waals surface area contributed by atoms with Gasteiger partial charge in [-0.2, -0.15) is 0 Å². The highest BCUT2D eigenvalue weighted by Crippen LogP contribution is 2.39. The second kappa shape index (κ2) is 5.04. The topological polar surface area (TPSA) is 53.6 Å². The average Bonchev–Trinajstić information content (AvgIpc) is 3.04. The molecule has 8 heteroatoms. The van der Waals surface area contributed by atoms with Crippen LogP contribution in [0.4, 0.5) is 0 Å². The standard InChI is InChI=1S/C14H11Cl2NO4S/c1-5-6(15)2-8-12(11(5)16)21-14(22)17(8)7-3-9(18)13-19-4-10(7)20-13/h2,7,10,13H,3-4H2,1H3. The molecule has 3 atom stereocenters. The van der Waals surface area contributed by atoms with Crippen LogP contribution in [0.15, 0.2) is 10.5 Å². The van der Waals surface area contributed by atoms with Gasteiger partial charge in [0.25, 0.3) is 4.84 Å². The molecule has 0 radical (unpaired) electrons. The number of hydrogen-bond donors (Lipinski definition) is 0. The van der Waals surface area contributed by atoms with E-state index in [1.807, 2.05) is 6.92 Å². The van der Waals surface area contributed by atoms with Gasteiger partial charge >= 0.3 is 0 Å². The molecule has 116 valence electrons. The van der Waals surface area contributed by atoms with Gasteiger partial charge in [-0.3, -0.25) is 9.36 Å². The number of ether oxygens (including phenoxy) is 2. The Hall–Kier alpha value is -0.920. The summed E-state index contributed by atoms with van der Waals surface area (Å²) in [6.45, 7) is 2.16. The Bertz CT molecular complexity index is 859. The summed E-state index contributed by atoms with van der Waals surface area (Å²) < 4.78 is 18.3. The van der Waals surface area contributed by atoms with Crippen LogP contribution < -0.4 is 0 Å². The first-order chi connectivity index (χ1) is 10.5. The summed E-state index contributed by atoms with van der Waals surface area (Å²) in [6, 6.07) is 1.47. The maximum Gasteiger partial charge on any atom is 0.270 e. The molecule has 2 saturated heterocycles. The summed E-state index contributed by atoms with van der Waals surface area (Å²) in [5.41, 5.74) is 1.87. The fourth-order valence-corrected chi connectivity index (χ4v) is 3.79. The smallest absolute Gasteiger partial charge is 0.270 e. The first kappa shape index (κ1) is 14.7. The van der Waals surface area contributed by atoms with Gasteiger partial charge in [-0.1, -0.05) is 23.2 Å². The molecule has 22 heavy (non-hydrogen) atoms. The molecule has 1 aromatic heterocycles. The van der Waals surface area contributed by atoms with E-state index in [1.54, 1.807) is 10.6 Å². The van der Waals surface area contributed by atoms with Gasteiger partial charge in [-0.05, 0) is 30.8 Å². The number of hydrogen-bond acceptors (Lipinski definition) is 5. The van der Waals surface area contributed by atoms with Gasteiger partial charge in [0.15, 0.2) is 11.4 Å². The fourth-order valence-electron chi connectivity index (χ4n) is 2.99. The van der Waals surface area contributed by atoms with Crippen LogP contribution in [0.25, 0.3) is 11.1 Å². The third-order valence-corrected chi connectivity index (χ3v) is 5.30. The molecule has 3 heterocycles. The summed E-state index contributed by atoms with van der Waals surface area (Å²) in [7, 11) is 0. The first-order valence-electron chi connectivity index (χ1n) is 6.77. The minimum Gasteiger partial charge on any atom is -0.428 e. The van der Waals surface area contributed by atoms with Crippen molar-refractivity contribution in [1.82, 2.24) is 4.57 Å². The molecule has 5 nitrogen and oxygen atoms in total. The lowest BCUT2D eigenvalue weighted by molar-refractivity contribution is -0.156. The van der Waals surface area contributed by atoms with Crippen LogP contribution in [0.2, 0.25) is 10.0 Å². The third-order valence-electron chi connectivity index (χ3n) is 4.17. The Morgan fingerprint density at radius 3 is 2.95 bits per heavy atom. The minimum atomic E-state index is -0.747. The van der Waals surface area contributed by atoms with Crippen LogP contribution in [0.1, 0.15) is 18.0 Å². The molecule has 4 rings (SSSR count). The van der Waals surface area contributed by atoms with Crippen molar-refractivity contribution in [3.8, 4) is 0 Å². The van der Waals surface area contributed by atoms with E-state index in [9.17, 15) is 4.79 Å². The zero-order chi connectivity index (χ0) is 15.6. The van der Waals surface area contributed by atoms with E-state index in [1.165, 1.54) is 0 Å². The predicted molar refractivity (Wildman–Crippen MR) is 83.1 cm³/mol. The Kier molecular flexibility index (Phi) is 3.36. The third kappa shape index (κ3) is 1.98. The van der Waals surface area contributed by atoms with E-state index in [0.29, 0.717) is 27.8 Å². The van der Waals surface area contributed by atoms with Gasteiger partial charge < -0.3 is 13.9 Å². The molecule has 0 aliphatic carbocycles. The minimum absolute atomic E-state index is 0.0979. The second-order valence-corrected chi connectivity index (χ2v) is 6.60. The Morgan fingerprint density at radius 1 is 1.41 bits per heavy atom. The molecule has 0 saturated carbocycles. The van der Waals surface area contributed by atoms with Crippen molar-refractivity contribution in [2.24, 2.45) is 0 Å². The number of oxazole rings is 1. The number of fused-ring (bicyclic) bond motifs is 3. The van der Waals surface area contributed by atoms with Gasteiger partial charge in [0.1, 0.15) is 6.10 Å². The molecule has 2 aliphatic heterocycles. The van der Waals surface area contributed by atoms with Crippen molar-refractivity contribution in [2.75, 3.05) is 6.61 Å². The molecule has 0 amide bonds. The molecule has 3 unspecified atom stereocenters. The summed E-state index contributed by atoms with van der Waals surface area (Å²) in [5.74, 6) is -0.0979. The Labute approximate surface area is 140 Å². The number of benzene rings is 1. The number of ketones is 1. The first-order valence-corrected chi connectivity index (χ1v) is 7.93. The Balaban J connectivity index is 1.94. The van der Waals surface area contributed by atoms with Crippen LogP contribution >= 0.6 is 35.4 Å². The van der Waals surface area contributed by atoms with E-state index in [2.05, 4.69) is 0 Å². The highest BCUT2D eigenvalue weighted by molar-refractivity contribution is 7.71. The fraction of sp³-hybridized carbons (Fsp3) is 0.429. The van der Waals surface area contributed by atoms with Crippen molar-refractivity contribution >= 4 is 52.3 Å². The number of carbonyl (C=O) groups is 1. The molecular weight excluding hydrogens is 349 g/mol. The van der Waals surface area contributed by atoms with Crippen molar-refractivity contribution in [3.63, 3.8) is 0 Å². The van der Waals surface area contributed by atoms with Gasteiger partial charge in [-0.15, -0.1) is 0 Å². The second-order valence-electron chi connectivity index (χ2n) is 5.46. The molecule has 2 bridgehead atoms. The van der Waals surface area contributed by atoms with Crippen LogP contribution in [-0.4, -0.2) is 29.4 Å². The lowest BCUT2D eigenvalue weighted by Gasteiger charge is -2.27. The molecule has 0 spiro atoms. The SMILES string of the molecule is Cc1c(Cl)cc2c(oc(=S)n2C2CC(=O)C3OCC2O3)c1Cl. The summed E-state index contributed by atoms with van der Waals surface area (Å²) in [5, 5.41) is 0.946. The van der Waals surface area contributed by atoms with Gasteiger partial charge in [0, 0.05) is 11.4 Å². The summed E-state index contributed by atoms with van der Waals surface area (Å²) >= 11 is 17.8. The largest absolute Gasteiger partial charge is 0.428 e. The lowest BCUT2D eigenvalue weighted by Crippen LogP contribution is -2.37. The zero-order valence-corrected chi connectivity index (χ0v) is 13.8. The number of halogens is 2. The van der Waals surface area contributed by atoms with Gasteiger partial charge in [-0.25, -0.2) is 0 Å². The van der Waals surface area contributed by atoms with E-state index in [0.717, 1.165) is 5.56 Å². The molecular formula is C14H11Cl2NO4S. The van der Waals surface area contributed by atoms with E-state index in [4.69, 9.17) is 49.3 Å². The van der Waals surface area contributed by atoms with Gasteiger partial charge in [0.05, 0.1) is 23.2 Å². The zero-order valence-electron chi connectivity index (χ0n) is 11.5. The van der Waals surface area contributed by atoms with Crippen LogP contribution in [0.5, 0.6) is 0 Å². The Morgan fingerprint density at radius 2 is 2.18 bits per heavy atom. The monoisotopic (exact) mass is 359 g/mol. The maximum atomic E-state index is 12.0. The van der Waals surface area contributed by atoms with Gasteiger partial charge in [0.2, 0.25) is 6.29 Å². The van der Waals surface area contributed by atoms with Crippen molar-refractivity contribution in [3.05, 3.63) is 26.5 Å². The number of Topliss-reactive ketones (excluding diaryl/α,β-unsaturated/α-hetero) is 1. The van der Waals surface area contributed by atoms with Crippen molar-refractivity contribution in [1.29, 1.82) is 0 Å². The summed E-state index contributed by atoms with van der Waals surface area (Å²) in [4.78, 5) is 12.3. The molecule has 0 N–H and O–H groups in total. The quantitative estimate of drug-likeness (QED) is 0.724. The molecule has 2 aromatic rings. The van der Waals surface area contributed by atoms with Crippen LogP contribution in [0, 0.1) is 11.8 Å². The van der Waals surface area contributed by atoms with Crippen LogP contribution in [0.3, 0.4) is 0 Å². The number of nitrogens with zero attached hydrogens (tertiary/aromatic N) is 1.